The zero-order valence-corrected chi connectivity index (χ0v) is 8.27. The molecule has 0 spiro atoms. The smallest absolute Gasteiger partial charge is 0.322 e. The average Bonchev–Trinajstić information content (AvgIpc) is 2.29. The van der Waals surface area contributed by atoms with Crippen molar-refractivity contribution in [1.82, 2.24) is 4.98 Å². The summed E-state index contributed by atoms with van der Waals surface area (Å²) in [6, 6.07) is 8.23. The first-order chi connectivity index (χ1) is 7.69. The van der Waals surface area contributed by atoms with Crippen LogP contribution in [0, 0.1) is 0 Å². The van der Waals surface area contributed by atoms with Crippen LogP contribution in [0.4, 0.5) is 0 Å². The molecule has 2 rings (SSSR count). The minimum atomic E-state index is -0.719. The van der Waals surface area contributed by atoms with Crippen LogP contribution in [-0.2, 0) is 16.1 Å². The van der Waals surface area contributed by atoms with E-state index in [9.17, 15) is 9.59 Å². The first-order valence-electron chi connectivity index (χ1n) is 4.65. The van der Waals surface area contributed by atoms with Gasteiger partial charge in [-0.05, 0) is 29.1 Å². The summed E-state index contributed by atoms with van der Waals surface area (Å²) in [7, 11) is 0. The summed E-state index contributed by atoms with van der Waals surface area (Å²) in [5.41, 5.74) is 1.24. The Bertz CT molecular complexity index is 588. The maximum Gasteiger partial charge on any atom is 0.346 e. The summed E-state index contributed by atoms with van der Waals surface area (Å²) in [6.07, 6.45) is -0.00837. The van der Waals surface area contributed by atoms with Gasteiger partial charge in [0.1, 0.15) is 0 Å². The van der Waals surface area contributed by atoms with Gasteiger partial charge in [-0.15, -0.1) is 0 Å². The number of H-pyrrole nitrogens is 1. The molecule has 82 valence electrons. The molecular formula is C11H9NO4. The molecule has 2 aromatic rings. The van der Waals surface area contributed by atoms with Gasteiger partial charge in [-0.1, -0.05) is 6.07 Å². The number of nitrogens with one attached hydrogen (secondary N) is 1. The minimum absolute atomic E-state index is 0.00837. The lowest BCUT2D eigenvalue weighted by atomic mass is 10.1. The van der Waals surface area contributed by atoms with E-state index in [2.05, 4.69) is 9.87 Å². The lowest BCUT2D eigenvalue weighted by molar-refractivity contribution is -0.233. The molecule has 0 radical (unpaired) electrons. The molecule has 0 saturated heterocycles. The SMILES string of the molecule is O=C(Cc1ccc2[nH]c(=O)ccc2c1)OO. The van der Waals surface area contributed by atoms with Gasteiger partial charge in [0.25, 0.3) is 0 Å². The summed E-state index contributed by atoms with van der Waals surface area (Å²) >= 11 is 0. The van der Waals surface area contributed by atoms with E-state index in [1.807, 2.05) is 0 Å². The largest absolute Gasteiger partial charge is 0.346 e. The van der Waals surface area contributed by atoms with E-state index >= 15 is 0 Å². The molecule has 0 fully saturated rings. The molecule has 5 nitrogen and oxygen atoms in total. The quantitative estimate of drug-likeness (QED) is 0.585. The van der Waals surface area contributed by atoms with Gasteiger partial charge >= 0.3 is 5.97 Å². The number of benzene rings is 1. The van der Waals surface area contributed by atoms with E-state index in [-0.39, 0.29) is 12.0 Å². The van der Waals surface area contributed by atoms with Crippen molar-refractivity contribution in [2.75, 3.05) is 0 Å². The van der Waals surface area contributed by atoms with E-state index in [1.54, 1.807) is 24.3 Å². The highest BCUT2D eigenvalue weighted by atomic mass is 17.1. The van der Waals surface area contributed by atoms with Gasteiger partial charge in [-0.3, -0.25) is 4.79 Å². The zero-order valence-electron chi connectivity index (χ0n) is 8.27. The predicted molar refractivity (Wildman–Crippen MR) is 57.0 cm³/mol. The Morgan fingerprint density at radius 2 is 2.12 bits per heavy atom. The molecule has 16 heavy (non-hydrogen) atoms. The van der Waals surface area contributed by atoms with Gasteiger partial charge < -0.3 is 9.87 Å². The van der Waals surface area contributed by atoms with E-state index in [4.69, 9.17) is 5.26 Å². The number of carbonyl (C=O) groups excluding carboxylic acids is 1. The minimum Gasteiger partial charge on any atom is -0.322 e. The molecule has 1 aromatic carbocycles. The second-order valence-corrected chi connectivity index (χ2v) is 3.38. The summed E-state index contributed by atoms with van der Waals surface area (Å²) < 4.78 is 0. The van der Waals surface area contributed by atoms with Gasteiger partial charge in [0.2, 0.25) is 5.56 Å². The average molecular weight is 219 g/mol. The first-order valence-corrected chi connectivity index (χ1v) is 4.65. The van der Waals surface area contributed by atoms with Crippen LogP contribution in [0.5, 0.6) is 0 Å². The van der Waals surface area contributed by atoms with E-state index in [1.165, 1.54) is 6.07 Å². The van der Waals surface area contributed by atoms with Crippen LogP contribution in [0.15, 0.2) is 35.1 Å². The van der Waals surface area contributed by atoms with Crippen molar-refractivity contribution in [2.45, 2.75) is 6.42 Å². The van der Waals surface area contributed by atoms with E-state index in [0.717, 1.165) is 5.39 Å². The Morgan fingerprint density at radius 3 is 2.88 bits per heavy atom. The Balaban J connectivity index is 2.40. The van der Waals surface area contributed by atoms with Crippen LogP contribution in [-0.4, -0.2) is 16.2 Å². The molecule has 0 saturated carbocycles. The van der Waals surface area contributed by atoms with Gasteiger partial charge in [0.05, 0.1) is 6.42 Å². The van der Waals surface area contributed by atoms with Crippen molar-refractivity contribution in [2.24, 2.45) is 0 Å². The molecule has 2 N–H and O–H groups in total. The molecule has 0 aliphatic heterocycles. The van der Waals surface area contributed by atoms with Crippen LogP contribution >= 0.6 is 0 Å². The van der Waals surface area contributed by atoms with Crippen LogP contribution in [0.3, 0.4) is 0 Å². The number of carbonyl (C=O) groups is 1. The second-order valence-electron chi connectivity index (χ2n) is 3.38. The Labute approximate surface area is 90.2 Å². The molecule has 1 aromatic heterocycles. The zero-order chi connectivity index (χ0) is 11.5. The maximum absolute atomic E-state index is 11.0. The fourth-order valence-electron chi connectivity index (χ4n) is 1.51. The highest BCUT2D eigenvalue weighted by Gasteiger charge is 2.05. The fraction of sp³-hybridized carbons (Fsp3) is 0.0909. The maximum atomic E-state index is 11.0. The lowest BCUT2D eigenvalue weighted by Crippen LogP contribution is -2.06. The van der Waals surface area contributed by atoms with Crippen molar-refractivity contribution >= 4 is 16.9 Å². The number of hydrogen-bond donors (Lipinski definition) is 2. The Kier molecular flexibility index (Phi) is 2.70. The summed E-state index contributed by atoms with van der Waals surface area (Å²) in [5, 5.41) is 8.97. The van der Waals surface area contributed by atoms with Crippen LogP contribution in [0.1, 0.15) is 5.56 Å². The second kappa shape index (κ2) is 4.16. The van der Waals surface area contributed by atoms with Crippen molar-refractivity contribution < 1.29 is 14.9 Å². The molecule has 1 heterocycles. The first kappa shape index (κ1) is 10.4. The molecule has 5 heteroatoms. The number of fused-ring (bicyclic) bond motifs is 1. The topological polar surface area (TPSA) is 79.4 Å². The number of aromatic amines is 1. The van der Waals surface area contributed by atoms with Crippen molar-refractivity contribution in [3.63, 3.8) is 0 Å². The van der Waals surface area contributed by atoms with Gasteiger partial charge in [0.15, 0.2) is 0 Å². The van der Waals surface area contributed by atoms with Crippen LogP contribution in [0.2, 0.25) is 0 Å². The monoisotopic (exact) mass is 219 g/mol. The van der Waals surface area contributed by atoms with Crippen molar-refractivity contribution in [3.05, 3.63) is 46.2 Å². The van der Waals surface area contributed by atoms with E-state index < -0.39 is 5.97 Å². The molecule has 0 atom stereocenters. The third-order valence-corrected chi connectivity index (χ3v) is 2.24. The molecule has 0 aliphatic rings. The highest BCUT2D eigenvalue weighted by molar-refractivity contribution is 5.81. The number of hydrogen-bond acceptors (Lipinski definition) is 4. The number of rotatable bonds is 2. The Morgan fingerprint density at radius 1 is 1.31 bits per heavy atom. The lowest BCUT2D eigenvalue weighted by Gasteiger charge is -2.01. The normalized spacial score (nSPS) is 10.3. The fourth-order valence-corrected chi connectivity index (χ4v) is 1.51. The molecule has 0 amide bonds. The van der Waals surface area contributed by atoms with Gasteiger partial charge in [-0.25, -0.2) is 4.79 Å². The highest BCUT2D eigenvalue weighted by Crippen LogP contribution is 2.12. The van der Waals surface area contributed by atoms with Crippen molar-refractivity contribution in [3.8, 4) is 0 Å². The van der Waals surface area contributed by atoms with E-state index in [0.29, 0.717) is 11.1 Å². The standard InChI is InChI=1S/C11H9NO4/c13-10-4-2-8-5-7(6-11(14)16-15)1-3-9(8)12-10/h1-5,15H,6H2,(H,12,13). The number of aromatic nitrogens is 1. The third-order valence-electron chi connectivity index (χ3n) is 2.24. The molecule has 0 unspecified atom stereocenters. The van der Waals surface area contributed by atoms with Crippen molar-refractivity contribution in [1.29, 1.82) is 0 Å². The number of pyridine rings is 1. The van der Waals surface area contributed by atoms with Crippen LogP contribution in [0.25, 0.3) is 10.9 Å². The third kappa shape index (κ3) is 2.09. The molecule has 0 aliphatic carbocycles. The van der Waals surface area contributed by atoms with Gasteiger partial charge in [-0.2, -0.15) is 5.26 Å². The van der Waals surface area contributed by atoms with Gasteiger partial charge in [0, 0.05) is 11.6 Å². The predicted octanol–water partition coefficient (Wildman–Crippen LogP) is 1.09. The molecular weight excluding hydrogens is 210 g/mol. The summed E-state index contributed by atoms with van der Waals surface area (Å²) in [6.45, 7) is 0. The van der Waals surface area contributed by atoms with Crippen LogP contribution < -0.4 is 5.56 Å². The Hall–Kier alpha value is -2.14. The summed E-state index contributed by atoms with van der Waals surface area (Å²) in [5.74, 6) is -0.719. The summed E-state index contributed by atoms with van der Waals surface area (Å²) in [4.78, 5) is 28.1. The molecule has 0 bridgehead atoms.